The number of aromatic nitrogens is 4. The van der Waals surface area contributed by atoms with Gasteiger partial charge in [0.1, 0.15) is 6.33 Å². The van der Waals surface area contributed by atoms with Crippen LogP contribution in [0.25, 0.3) is 16.7 Å². The molecule has 11 heteroatoms. The van der Waals surface area contributed by atoms with Gasteiger partial charge in [-0.1, -0.05) is 0 Å². The van der Waals surface area contributed by atoms with E-state index in [1.165, 1.54) is 10.7 Å². The summed E-state index contributed by atoms with van der Waals surface area (Å²) in [5.74, 6) is 0.251. The van der Waals surface area contributed by atoms with E-state index in [9.17, 15) is 13.2 Å². The number of rotatable bonds is 5. The van der Waals surface area contributed by atoms with Crippen molar-refractivity contribution in [3.8, 4) is 0 Å². The average Bonchev–Trinajstić information content (AvgIpc) is 3.34. The van der Waals surface area contributed by atoms with Crippen molar-refractivity contribution in [1.82, 2.24) is 23.9 Å². The third-order valence-electron chi connectivity index (χ3n) is 6.55. The van der Waals surface area contributed by atoms with Crippen molar-refractivity contribution >= 4 is 38.5 Å². The van der Waals surface area contributed by atoms with Crippen LogP contribution in [0.15, 0.2) is 29.4 Å². The van der Waals surface area contributed by atoms with Crippen molar-refractivity contribution in [2.45, 2.75) is 43.9 Å². The molecule has 2 aliphatic rings. The van der Waals surface area contributed by atoms with Crippen LogP contribution in [-0.4, -0.2) is 71.1 Å². The topological polar surface area (TPSA) is 110 Å². The third kappa shape index (κ3) is 4.04. The van der Waals surface area contributed by atoms with E-state index in [0.29, 0.717) is 43.7 Å². The summed E-state index contributed by atoms with van der Waals surface area (Å²) in [5, 5.41) is 8.34. The molecule has 0 atom stereocenters. The predicted molar refractivity (Wildman–Crippen MR) is 122 cm³/mol. The third-order valence-corrected chi connectivity index (χ3v) is 8.44. The number of hydrogen-bond acceptors (Lipinski definition) is 8. The summed E-state index contributed by atoms with van der Waals surface area (Å²) in [6.07, 6.45) is 5.95. The minimum Gasteiger partial charge on any atom is -0.466 e. The molecule has 5 rings (SSSR count). The molecule has 0 aliphatic carbocycles. The fourth-order valence-corrected chi connectivity index (χ4v) is 6.23. The first kappa shape index (κ1) is 22.0. The summed E-state index contributed by atoms with van der Waals surface area (Å²) < 4.78 is 35.2. The molecule has 3 aromatic rings. The minimum absolute atomic E-state index is 0.203. The second kappa shape index (κ2) is 8.86. The van der Waals surface area contributed by atoms with Gasteiger partial charge in [-0.25, -0.2) is 13.4 Å². The summed E-state index contributed by atoms with van der Waals surface area (Å²) >= 11 is 0. The van der Waals surface area contributed by atoms with Gasteiger partial charge >= 0.3 is 5.97 Å². The molecular formula is C22H28N6O4S. The number of ether oxygens (including phenoxy) is 1. The van der Waals surface area contributed by atoms with Crippen LogP contribution < -0.4 is 4.90 Å². The second-order valence-corrected chi connectivity index (χ2v) is 10.5. The zero-order chi connectivity index (χ0) is 23.0. The highest BCUT2D eigenvalue weighted by atomic mass is 32.2. The van der Waals surface area contributed by atoms with E-state index in [4.69, 9.17) is 9.72 Å². The predicted octanol–water partition coefficient (Wildman–Crippen LogP) is 2.23. The maximum Gasteiger partial charge on any atom is 0.309 e. The van der Waals surface area contributed by atoms with E-state index < -0.39 is 10.0 Å². The summed E-state index contributed by atoms with van der Waals surface area (Å²) in [7, 11) is -3.71. The van der Waals surface area contributed by atoms with Gasteiger partial charge < -0.3 is 9.64 Å². The van der Waals surface area contributed by atoms with Gasteiger partial charge in [0.2, 0.25) is 15.7 Å². The van der Waals surface area contributed by atoms with Gasteiger partial charge in [-0.3, -0.25) is 9.20 Å². The number of carbonyl (C=O) groups excluding carboxylic acids is 1. The molecule has 0 bridgehead atoms. The van der Waals surface area contributed by atoms with Gasteiger partial charge in [0.25, 0.3) is 0 Å². The van der Waals surface area contributed by atoms with E-state index in [-0.39, 0.29) is 16.8 Å². The first-order valence-electron chi connectivity index (χ1n) is 11.5. The lowest BCUT2D eigenvalue weighted by molar-refractivity contribution is -0.149. The van der Waals surface area contributed by atoms with Gasteiger partial charge in [-0.2, -0.15) is 4.31 Å². The van der Waals surface area contributed by atoms with Crippen LogP contribution in [0, 0.1) is 5.92 Å². The van der Waals surface area contributed by atoms with Crippen LogP contribution >= 0.6 is 0 Å². The molecule has 176 valence electrons. The Morgan fingerprint density at radius 1 is 1.12 bits per heavy atom. The van der Waals surface area contributed by atoms with Crippen LogP contribution in [0.5, 0.6) is 0 Å². The molecule has 0 radical (unpaired) electrons. The summed E-state index contributed by atoms with van der Waals surface area (Å²) in [4.78, 5) is 19.2. The summed E-state index contributed by atoms with van der Waals surface area (Å²) in [6, 6.07) is 5.00. The van der Waals surface area contributed by atoms with Gasteiger partial charge in [-0.05, 0) is 57.2 Å². The number of anilines is 1. The smallest absolute Gasteiger partial charge is 0.309 e. The Morgan fingerprint density at radius 2 is 1.88 bits per heavy atom. The fourth-order valence-electron chi connectivity index (χ4n) is 4.74. The zero-order valence-electron chi connectivity index (χ0n) is 18.7. The van der Waals surface area contributed by atoms with Crippen LogP contribution in [0.2, 0.25) is 0 Å². The lowest BCUT2D eigenvalue weighted by Gasteiger charge is -2.30. The molecule has 2 saturated heterocycles. The van der Waals surface area contributed by atoms with Crippen molar-refractivity contribution in [2.75, 3.05) is 37.7 Å². The highest BCUT2D eigenvalue weighted by Crippen LogP contribution is 2.29. The monoisotopic (exact) mass is 472 g/mol. The Hall–Kier alpha value is -2.79. The SMILES string of the molecule is CCOC(=O)C1CCN(S(=O)(=O)c2ccc3c(c2)nc(N2CCCCC2)c2nncn23)CC1. The van der Waals surface area contributed by atoms with E-state index in [0.717, 1.165) is 37.3 Å². The summed E-state index contributed by atoms with van der Waals surface area (Å²) in [6.45, 7) is 4.49. The van der Waals surface area contributed by atoms with Crippen molar-refractivity contribution in [3.63, 3.8) is 0 Å². The number of benzene rings is 1. The van der Waals surface area contributed by atoms with Crippen LogP contribution in [0.4, 0.5) is 5.82 Å². The van der Waals surface area contributed by atoms with E-state index in [2.05, 4.69) is 15.1 Å². The molecule has 0 unspecified atom stereocenters. The Morgan fingerprint density at radius 3 is 2.61 bits per heavy atom. The second-order valence-electron chi connectivity index (χ2n) is 8.59. The van der Waals surface area contributed by atoms with Crippen LogP contribution in [0.1, 0.15) is 39.0 Å². The molecule has 0 N–H and O–H groups in total. The Kier molecular flexibility index (Phi) is 5.92. The number of hydrogen-bond donors (Lipinski definition) is 0. The maximum absolute atomic E-state index is 13.4. The molecule has 4 heterocycles. The average molecular weight is 473 g/mol. The van der Waals surface area contributed by atoms with Crippen molar-refractivity contribution in [3.05, 3.63) is 24.5 Å². The first-order chi connectivity index (χ1) is 16.0. The first-order valence-corrected chi connectivity index (χ1v) is 13.0. The lowest BCUT2D eigenvalue weighted by atomic mass is 9.98. The molecule has 2 aliphatic heterocycles. The van der Waals surface area contributed by atoms with Crippen LogP contribution in [0.3, 0.4) is 0 Å². The van der Waals surface area contributed by atoms with E-state index >= 15 is 0 Å². The molecule has 0 spiro atoms. The molecule has 0 amide bonds. The van der Waals surface area contributed by atoms with Gasteiger partial charge in [-0.15, -0.1) is 10.2 Å². The molecule has 0 saturated carbocycles. The molecule has 1 aromatic carbocycles. The van der Waals surface area contributed by atoms with Crippen molar-refractivity contribution in [1.29, 1.82) is 0 Å². The van der Waals surface area contributed by atoms with Gasteiger partial charge in [0.05, 0.1) is 28.5 Å². The molecule has 33 heavy (non-hydrogen) atoms. The number of fused-ring (bicyclic) bond motifs is 3. The Bertz CT molecular complexity index is 1280. The Balaban J connectivity index is 1.46. The van der Waals surface area contributed by atoms with Crippen LogP contribution in [-0.2, 0) is 19.6 Å². The number of carbonyl (C=O) groups is 1. The highest BCUT2D eigenvalue weighted by Gasteiger charge is 2.33. The standard InChI is InChI=1S/C22H28N6O4S/c1-2-32-22(29)16-8-12-27(13-9-16)33(30,31)17-6-7-19-18(14-17)24-20(21-25-23-15-28(19)21)26-10-4-3-5-11-26/h6-7,14-16H,2-5,8-13H2,1H3. The van der Waals surface area contributed by atoms with E-state index in [1.807, 2.05) is 4.40 Å². The molecular weight excluding hydrogens is 444 g/mol. The summed E-state index contributed by atoms with van der Waals surface area (Å²) in [5.41, 5.74) is 2.03. The zero-order valence-corrected chi connectivity index (χ0v) is 19.5. The normalized spacial score (nSPS) is 18.8. The molecule has 2 fully saturated rings. The highest BCUT2D eigenvalue weighted by molar-refractivity contribution is 7.89. The number of piperidine rings is 2. The van der Waals surface area contributed by atoms with Crippen molar-refractivity contribution in [2.24, 2.45) is 5.92 Å². The van der Waals surface area contributed by atoms with E-state index in [1.54, 1.807) is 31.5 Å². The largest absolute Gasteiger partial charge is 0.466 e. The van der Waals surface area contributed by atoms with Gasteiger partial charge in [0.15, 0.2) is 5.82 Å². The van der Waals surface area contributed by atoms with Crippen molar-refractivity contribution < 1.29 is 17.9 Å². The molecule has 2 aromatic heterocycles. The number of nitrogens with zero attached hydrogens (tertiary/aromatic N) is 6. The van der Waals surface area contributed by atoms with Gasteiger partial charge in [0, 0.05) is 26.2 Å². The lowest BCUT2D eigenvalue weighted by Crippen LogP contribution is -2.40. The maximum atomic E-state index is 13.4. The quantitative estimate of drug-likeness (QED) is 0.520. The number of sulfonamides is 1. The Labute approximate surface area is 192 Å². The minimum atomic E-state index is -3.71. The fraction of sp³-hybridized carbons (Fsp3) is 0.545. The molecule has 10 nitrogen and oxygen atoms in total. The number of esters is 1.